The van der Waals surface area contributed by atoms with E-state index in [1.165, 1.54) is 24.3 Å². The Morgan fingerprint density at radius 1 is 0.967 bits per heavy atom. The van der Waals surface area contributed by atoms with Crippen LogP contribution in [-0.4, -0.2) is 22.9 Å². The summed E-state index contributed by atoms with van der Waals surface area (Å²) in [6.45, 7) is -0.0964. The maximum Gasteiger partial charge on any atom is 0.513 e. The summed E-state index contributed by atoms with van der Waals surface area (Å²) < 4.78 is 51.9. The zero-order chi connectivity index (χ0) is 21.5. The minimum Gasteiger partial charge on any atom is -0.507 e. The molecule has 0 atom stereocenters. The lowest BCUT2D eigenvalue weighted by atomic mass is 10.1. The molecule has 1 aromatic heterocycles. The minimum atomic E-state index is -4.50. The van der Waals surface area contributed by atoms with Crippen molar-refractivity contribution in [3.05, 3.63) is 71.8 Å². The third kappa shape index (κ3) is 3.30. The molecule has 0 saturated carbocycles. The van der Waals surface area contributed by atoms with Gasteiger partial charge >= 0.3 is 12.3 Å². The number of phenolic OH excluding ortho intramolecular Hbond substituents is 1. The van der Waals surface area contributed by atoms with E-state index in [1.807, 2.05) is 0 Å². The van der Waals surface area contributed by atoms with Gasteiger partial charge in [-0.2, -0.15) is 13.2 Å². The molecule has 0 bridgehead atoms. The van der Waals surface area contributed by atoms with E-state index >= 15 is 0 Å². The van der Waals surface area contributed by atoms with Crippen molar-refractivity contribution >= 4 is 28.0 Å². The molecule has 0 unspecified atom stereocenters. The fraction of sp³-hybridized carbons (Fsp3) is 0.136. The number of alkyl halides is 3. The normalized spacial score (nSPS) is 11.7. The van der Waals surface area contributed by atoms with Gasteiger partial charge in [0, 0.05) is 6.54 Å². The highest BCUT2D eigenvalue weighted by Crippen LogP contribution is 2.41. The van der Waals surface area contributed by atoms with Crippen molar-refractivity contribution in [1.29, 1.82) is 0 Å². The Labute approximate surface area is 168 Å². The summed E-state index contributed by atoms with van der Waals surface area (Å²) in [5, 5.41) is 11.3. The van der Waals surface area contributed by atoms with E-state index in [-0.39, 0.29) is 23.6 Å². The molecule has 4 aromatic rings. The van der Waals surface area contributed by atoms with Gasteiger partial charge in [0.2, 0.25) is 0 Å². The predicted molar refractivity (Wildman–Crippen MR) is 105 cm³/mol. The first-order chi connectivity index (χ1) is 14.3. The fourth-order valence-electron chi connectivity index (χ4n) is 3.63. The van der Waals surface area contributed by atoms with Crippen LogP contribution < -0.4 is 4.74 Å². The Morgan fingerprint density at radius 3 is 2.33 bits per heavy atom. The Bertz CT molecular complexity index is 1260. The molecule has 8 heteroatoms. The van der Waals surface area contributed by atoms with Gasteiger partial charge < -0.3 is 19.1 Å². The molecule has 0 fully saturated rings. The fourth-order valence-corrected chi connectivity index (χ4v) is 3.63. The van der Waals surface area contributed by atoms with Crippen LogP contribution in [0.25, 0.3) is 21.8 Å². The van der Waals surface area contributed by atoms with Crippen LogP contribution in [0.5, 0.6) is 11.5 Å². The van der Waals surface area contributed by atoms with E-state index in [1.54, 1.807) is 34.9 Å². The Balaban J connectivity index is 1.99. The second-order valence-corrected chi connectivity index (χ2v) is 6.62. The van der Waals surface area contributed by atoms with Gasteiger partial charge in [-0.1, -0.05) is 30.3 Å². The first-order valence-electron chi connectivity index (χ1n) is 8.95. The summed E-state index contributed by atoms with van der Waals surface area (Å²) in [4.78, 5) is 11.7. The van der Waals surface area contributed by atoms with E-state index in [9.17, 15) is 23.1 Å². The molecule has 0 spiro atoms. The zero-order valence-corrected chi connectivity index (χ0v) is 15.7. The van der Waals surface area contributed by atoms with Gasteiger partial charge in [-0.05, 0) is 35.9 Å². The molecule has 30 heavy (non-hydrogen) atoms. The number of halogens is 3. The zero-order valence-electron chi connectivity index (χ0n) is 15.7. The topological polar surface area (TPSA) is 60.7 Å². The Hall–Kier alpha value is -3.68. The summed E-state index contributed by atoms with van der Waals surface area (Å²) in [6, 6.07) is 14.9. The van der Waals surface area contributed by atoms with Crippen LogP contribution >= 0.6 is 0 Å². The first kappa shape index (κ1) is 19.6. The van der Waals surface area contributed by atoms with Gasteiger partial charge in [0.1, 0.15) is 11.5 Å². The van der Waals surface area contributed by atoms with Crippen LogP contribution in [-0.2, 0) is 17.5 Å². The average Bonchev–Trinajstić information content (AvgIpc) is 3.03. The number of carbonyl (C=O) groups excluding carboxylic acids is 1. The molecule has 1 N–H and O–H groups in total. The monoisotopic (exact) mass is 415 g/mol. The van der Waals surface area contributed by atoms with Crippen molar-refractivity contribution in [3.8, 4) is 11.5 Å². The van der Waals surface area contributed by atoms with Gasteiger partial charge in [-0.15, -0.1) is 0 Å². The molecule has 5 nitrogen and oxygen atoms in total. The third-order valence-electron chi connectivity index (χ3n) is 4.87. The number of hydrogen-bond donors (Lipinski definition) is 1. The van der Waals surface area contributed by atoms with Gasteiger partial charge in [0.25, 0.3) is 0 Å². The largest absolute Gasteiger partial charge is 0.513 e. The van der Waals surface area contributed by atoms with Crippen molar-refractivity contribution < 1.29 is 32.5 Å². The number of aromatic hydroxyl groups is 1. The lowest BCUT2D eigenvalue weighted by molar-refractivity contribution is -0.138. The summed E-state index contributed by atoms with van der Waals surface area (Å²) in [5.41, 5.74) is 0.348. The quantitative estimate of drug-likeness (QED) is 0.344. The first-order valence-corrected chi connectivity index (χ1v) is 8.95. The SMILES string of the molecule is COC(=O)Oc1cccc2c1c1c(O)cccc1n2Cc1ccccc1C(F)(F)F. The smallest absolute Gasteiger partial charge is 0.507 e. The van der Waals surface area contributed by atoms with Crippen LogP contribution in [0.3, 0.4) is 0 Å². The number of phenols is 1. The van der Waals surface area contributed by atoms with Gasteiger partial charge in [0.05, 0.1) is 34.5 Å². The van der Waals surface area contributed by atoms with E-state index in [0.29, 0.717) is 21.8 Å². The van der Waals surface area contributed by atoms with Gasteiger partial charge in [-0.3, -0.25) is 0 Å². The van der Waals surface area contributed by atoms with Gasteiger partial charge in [-0.25, -0.2) is 4.79 Å². The summed E-state index contributed by atoms with van der Waals surface area (Å²) in [5.74, 6) is 0.0509. The van der Waals surface area contributed by atoms with Gasteiger partial charge in [0.15, 0.2) is 0 Å². The maximum atomic E-state index is 13.5. The van der Waals surface area contributed by atoms with Crippen LogP contribution in [0.4, 0.5) is 18.0 Å². The molecular formula is C22H16F3NO4. The number of hydrogen-bond acceptors (Lipinski definition) is 4. The number of carbonyl (C=O) groups is 1. The molecular weight excluding hydrogens is 399 g/mol. The second kappa shape index (κ2) is 7.29. The Morgan fingerprint density at radius 2 is 1.63 bits per heavy atom. The highest BCUT2D eigenvalue weighted by molar-refractivity contribution is 6.14. The standard InChI is InChI=1S/C22H16F3NO4/c1-29-21(28)30-18-11-5-9-16-20(18)19-15(8-4-10-17(19)27)26(16)12-13-6-2-3-7-14(13)22(23,24)25/h2-11,27H,12H2,1H3. The predicted octanol–water partition coefficient (Wildman–Crippen LogP) is 5.71. The summed E-state index contributed by atoms with van der Waals surface area (Å²) in [6.07, 6.45) is -5.45. The lowest BCUT2D eigenvalue weighted by Gasteiger charge is -2.15. The number of benzene rings is 3. The van der Waals surface area contributed by atoms with Crippen molar-refractivity contribution in [2.24, 2.45) is 0 Å². The van der Waals surface area contributed by atoms with Crippen LogP contribution in [0, 0.1) is 0 Å². The van der Waals surface area contributed by atoms with Crippen LogP contribution in [0.2, 0.25) is 0 Å². The second-order valence-electron chi connectivity index (χ2n) is 6.62. The van der Waals surface area contributed by atoms with E-state index in [4.69, 9.17) is 4.74 Å². The van der Waals surface area contributed by atoms with E-state index in [0.717, 1.165) is 13.2 Å². The number of ether oxygens (including phenoxy) is 2. The molecule has 0 saturated heterocycles. The molecule has 0 amide bonds. The van der Waals surface area contributed by atoms with Crippen LogP contribution in [0.1, 0.15) is 11.1 Å². The molecule has 0 aliphatic heterocycles. The third-order valence-corrected chi connectivity index (χ3v) is 4.87. The number of aromatic nitrogens is 1. The van der Waals surface area contributed by atoms with Crippen molar-refractivity contribution in [2.45, 2.75) is 12.7 Å². The molecule has 154 valence electrons. The van der Waals surface area contributed by atoms with Crippen molar-refractivity contribution in [3.63, 3.8) is 0 Å². The van der Waals surface area contributed by atoms with Crippen LogP contribution in [0.15, 0.2) is 60.7 Å². The summed E-state index contributed by atoms with van der Waals surface area (Å²) >= 11 is 0. The number of methoxy groups -OCH3 is 1. The highest BCUT2D eigenvalue weighted by Gasteiger charge is 2.33. The maximum absolute atomic E-state index is 13.5. The molecule has 4 rings (SSSR count). The number of rotatable bonds is 3. The molecule has 0 aliphatic carbocycles. The average molecular weight is 415 g/mol. The van der Waals surface area contributed by atoms with Crippen molar-refractivity contribution in [1.82, 2.24) is 4.57 Å². The molecule has 0 aliphatic rings. The number of fused-ring (bicyclic) bond motifs is 3. The van der Waals surface area contributed by atoms with Crippen molar-refractivity contribution in [2.75, 3.05) is 7.11 Å². The Kier molecular flexibility index (Phi) is 4.77. The molecule has 3 aromatic carbocycles. The van der Waals surface area contributed by atoms with E-state index < -0.39 is 17.9 Å². The van der Waals surface area contributed by atoms with E-state index in [2.05, 4.69) is 4.74 Å². The summed E-state index contributed by atoms with van der Waals surface area (Å²) in [7, 11) is 1.16. The number of nitrogens with zero attached hydrogens (tertiary/aromatic N) is 1. The highest BCUT2D eigenvalue weighted by atomic mass is 19.4. The lowest BCUT2D eigenvalue weighted by Crippen LogP contribution is -2.11. The minimum absolute atomic E-state index is 0.0754. The molecule has 1 heterocycles. The molecule has 0 radical (unpaired) electrons.